The number of piperidine rings is 1. The van der Waals surface area contributed by atoms with E-state index in [1.165, 1.54) is 22.2 Å². The number of rotatable bonds is 11. The van der Waals surface area contributed by atoms with E-state index in [1.807, 2.05) is 36.1 Å². The van der Waals surface area contributed by atoms with E-state index in [9.17, 15) is 9.59 Å². The Morgan fingerprint density at radius 2 is 1.92 bits per heavy atom. The third kappa shape index (κ3) is 6.63. The topological polar surface area (TPSA) is 89.6 Å². The lowest BCUT2D eigenvalue weighted by molar-refractivity contribution is -0.132. The monoisotopic (exact) mass is 518 g/mol. The number of benzene rings is 2. The van der Waals surface area contributed by atoms with Crippen molar-refractivity contribution in [1.29, 1.82) is 0 Å². The number of amides is 2. The molecule has 3 N–H and O–H groups in total. The Bertz CT molecular complexity index is 1230. The number of methoxy groups -OCH3 is 1. The third-order valence-corrected chi connectivity index (χ3v) is 7.66. The van der Waals surface area contributed by atoms with Gasteiger partial charge in [-0.1, -0.05) is 37.3 Å². The van der Waals surface area contributed by atoms with Gasteiger partial charge in [0.05, 0.1) is 0 Å². The number of likely N-dealkylation sites (tertiary alicyclic amines) is 1. The van der Waals surface area contributed by atoms with E-state index in [0.717, 1.165) is 56.8 Å². The molecule has 1 fully saturated rings. The van der Waals surface area contributed by atoms with E-state index < -0.39 is 0 Å². The molecule has 0 spiro atoms. The number of anilines is 1. The first-order valence-electron chi connectivity index (χ1n) is 13.9. The summed E-state index contributed by atoms with van der Waals surface area (Å²) in [6.45, 7) is 7.21. The fraction of sp³-hybridized carbons (Fsp3) is 0.484. The van der Waals surface area contributed by atoms with Crippen LogP contribution in [0.4, 0.5) is 5.69 Å². The highest BCUT2D eigenvalue weighted by Gasteiger charge is 2.29. The van der Waals surface area contributed by atoms with Gasteiger partial charge in [-0.25, -0.2) is 0 Å². The van der Waals surface area contributed by atoms with Gasteiger partial charge in [-0.3, -0.25) is 9.59 Å². The van der Waals surface area contributed by atoms with Crippen molar-refractivity contribution in [2.75, 3.05) is 32.1 Å². The first kappa shape index (κ1) is 27.9. The number of carbonyl (C=O) groups excluding carboxylic acids is 2. The number of fused-ring (bicyclic) bond motifs is 1. The molecule has 7 nitrogen and oxygen atoms in total. The summed E-state index contributed by atoms with van der Waals surface area (Å²) in [5, 5.41) is 4.15. The maximum absolute atomic E-state index is 13.3. The van der Waals surface area contributed by atoms with Gasteiger partial charge in [0.1, 0.15) is 0 Å². The Balaban J connectivity index is 1.41. The SMILES string of the molecule is CCC(=O)Nc1ccc(CC(N)CC(=O)N2CCCC(c3c(C)c4ccccc4n3CCCOC)C2)cc1. The van der Waals surface area contributed by atoms with Crippen molar-refractivity contribution in [3.8, 4) is 0 Å². The molecule has 2 unspecified atom stereocenters. The minimum Gasteiger partial charge on any atom is -0.385 e. The molecule has 204 valence electrons. The van der Waals surface area contributed by atoms with E-state index in [4.69, 9.17) is 10.5 Å². The minimum atomic E-state index is -0.249. The average molecular weight is 519 g/mol. The van der Waals surface area contributed by atoms with E-state index in [-0.39, 0.29) is 17.9 Å². The summed E-state index contributed by atoms with van der Waals surface area (Å²) in [4.78, 5) is 26.9. The number of hydrogen-bond acceptors (Lipinski definition) is 4. The number of aromatic nitrogens is 1. The van der Waals surface area contributed by atoms with Gasteiger partial charge in [0.2, 0.25) is 11.8 Å². The number of carbonyl (C=O) groups is 2. The van der Waals surface area contributed by atoms with Gasteiger partial charge in [0, 0.05) is 80.4 Å². The van der Waals surface area contributed by atoms with Crippen molar-refractivity contribution in [2.45, 2.75) is 70.9 Å². The number of nitrogens with one attached hydrogen (secondary N) is 1. The largest absolute Gasteiger partial charge is 0.385 e. The first-order valence-corrected chi connectivity index (χ1v) is 13.9. The second kappa shape index (κ2) is 13.1. The van der Waals surface area contributed by atoms with Crippen LogP contribution in [-0.4, -0.2) is 54.1 Å². The predicted molar refractivity (Wildman–Crippen MR) is 153 cm³/mol. The molecule has 1 aliphatic heterocycles. The van der Waals surface area contributed by atoms with Gasteiger partial charge in [0.15, 0.2) is 0 Å². The molecule has 0 saturated carbocycles. The molecule has 0 radical (unpaired) electrons. The van der Waals surface area contributed by atoms with E-state index >= 15 is 0 Å². The van der Waals surface area contributed by atoms with Crippen LogP contribution >= 0.6 is 0 Å². The van der Waals surface area contributed by atoms with Gasteiger partial charge in [-0.05, 0) is 61.9 Å². The molecular weight excluding hydrogens is 476 g/mol. The zero-order valence-electron chi connectivity index (χ0n) is 23.0. The van der Waals surface area contributed by atoms with Crippen LogP contribution < -0.4 is 11.1 Å². The molecule has 2 atom stereocenters. The van der Waals surface area contributed by atoms with Crippen molar-refractivity contribution >= 4 is 28.4 Å². The van der Waals surface area contributed by atoms with Crippen molar-refractivity contribution in [3.05, 3.63) is 65.4 Å². The number of aryl methyl sites for hydroxylation is 2. The molecule has 4 rings (SSSR count). The Kier molecular flexibility index (Phi) is 9.58. The van der Waals surface area contributed by atoms with E-state index in [1.54, 1.807) is 7.11 Å². The van der Waals surface area contributed by atoms with Crippen molar-refractivity contribution in [2.24, 2.45) is 5.73 Å². The van der Waals surface area contributed by atoms with E-state index in [0.29, 0.717) is 25.2 Å². The maximum atomic E-state index is 13.3. The summed E-state index contributed by atoms with van der Waals surface area (Å²) in [5.41, 5.74) is 12.2. The second-order valence-electron chi connectivity index (χ2n) is 10.5. The first-order chi connectivity index (χ1) is 18.4. The molecule has 2 heterocycles. The van der Waals surface area contributed by atoms with Gasteiger partial charge < -0.3 is 25.3 Å². The molecule has 1 aliphatic rings. The summed E-state index contributed by atoms with van der Waals surface area (Å²) >= 11 is 0. The summed E-state index contributed by atoms with van der Waals surface area (Å²) in [6.07, 6.45) is 4.43. The van der Waals surface area contributed by atoms with Crippen LogP contribution in [-0.2, 0) is 27.3 Å². The Hall–Kier alpha value is -3.16. The zero-order valence-corrected chi connectivity index (χ0v) is 23.0. The smallest absolute Gasteiger partial charge is 0.224 e. The lowest BCUT2D eigenvalue weighted by Crippen LogP contribution is -2.42. The van der Waals surface area contributed by atoms with Crippen LogP contribution in [0.1, 0.15) is 61.8 Å². The molecule has 0 bridgehead atoms. The van der Waals surface area contributed by atoms with Crippen LogP contribution in [0.5, 0.6) is 0 Å². The van der Waals surface area contributed by atoms with Crippen molar-refractivity contribution in [3.63, 3.8) is 0 Å². The summed E-state index contributed by atoms with van der Waals surface area (Å²) in [5.74, 6) is 0.434. The number of nitrogens with zero attached hydrogens (tertiary/aromatic N) is 2. The van der Waals surface area contributed by atoms with Crippen molar-refractivity contribution in [1.82, 2.24) is 9.47 Å². The molecule has 38 heavy (non-hydrogen) atoms. The second-order valence-corrected chi connectivity index (χ2v) is 10.5. The van der Waals surface area contributed by atoms with Gasteiger partial charge in [-0.15, -0.1) is 0 Å². The highest BCUT2D eigenvalue weighted by molar-refractivity contribution is 5.90. The highest BCUT2D eigenvalue weighted by atomic mass is 16.5. The fourth-order valence-corrected chi connectivity index (χ4v) is 5.76. The lowest BCUT2D eigenvalue weighted by atomic mass is 9.91. The molecule has 7 heteroatoms. The lowest BCUT2D eigenvalue weighted by Gasteiger charge is -2.34. The zero-order chi connectivity index (χ0) is 27.1. The molecule has 0 aliphatic carbocycles. The summed E-state index contributed by atoms with van der Waals surface area (Å²) in [7, 11) is 1.75. The average Bonchev–Trinajstić information content (AvgIpc) is 3.21. The molecule has 2 amide bonds. The van der Waals surface area contributed by atoms with Crippen molar-refractivity contribution < 1.29 is 14.3 Å². The van der Waals surface area contributed by atoms with Crippen LogP contribution in [0.15, 0.2) is 48.5 Å². The normalized spacial score (nSPS) is 16.5. The van der Waals surface area contributed by atoms with Crippen LogP contribution in [0.2, 0.25) is 0 Å². The summed E-state index contributed by atoms with van der Waals surface area (Å²) in [6, 6.07) is 16.1. The quantitative estimate of drug-likeness (QED) is 0.350. The third-order valence-electron chi connectivity index (χ3n) is 7.66. The van der Waals surface area contributed by atoms with Crippen LogP contribution in [0.25, 0.3) is 10.9 Å². The Morgan fingerprint density at radius 3 is 2.66 bits per heavy atom. The number of hydrogen-bond donors (Lipinski definition) is 2. The molecule has 1 saturated heterocycles. The van der Waals surface area contributed by atoms with Gasteiger partial charge in [0.25, 0.3) is 0 Å². The standard InChI is InChI=1S/C31H42N4O3/c1-4-29(36)33-26-14-12-23(13-15-26)19-25(32)20-30(37)34-16-7-9-24(21-34)31-22(2)27-10-5-6-11-28(27)35(31)17-8-18-38-3/h5-6,10-15,24-25H,4,7-9,16-21,32H2,1-3H3,(H,33,36). The fourth-order valence-electron chi connectivity index (χ4n) is 5.76. The highest BCUT2D eigenvalue weighted by Crippen LogP contribution is 2.36. The number of nitrogens with two attached hydrogens (primary N) is 1. The van der Waals surface area contributed by atoms with Gasteiger partial charge >= 0.3 is 0 Å². The number of ether oxygens (including phenoxy) is 1. The Morgan fingerprint density at radius 1 is 1.16 bits per heavy atom. The van der Waals surface area contributed by atoms with Crippen LogP contribution in [0, 0.1) is 6.92 Å². The minimum absolute atomic E-state index is 0.00887. The number of para-hydroxylation sites is 1. The van der Waals surface area contributed by atoms with Gasteiger partial charge in [-0.2, -0.15) is 0 Å². The molecular formula is C31H42N4O3. The maximum Gasteiger partial charge on any atom is 0.224 e. The molecule has 1 aromatic heterocycles. The van der Waals surface area contributed by atoms with E-state index in [2.05, 4.69) is 41.1 Å². The Labute approximate surface area is 226 Å². The summed E-state index contributed by atoms with van der Waals surface area (Å²) < 4.78 is 7.79. The molecule has 2 aromatic carbocycles. The van der Waals surface area contributed by atoms with Crippen LogP contribution in [0.3, 0.4) is 0 Å². The predicted octanol–water partition coefficient (Wildman–Crippen LogP) is 5.00. The molecule has 3 aromatic rings.